The molecule has 1 aliphatic carbocycles. The highest BCUT2D eigenvalue weighted by Gasteiger charge is 2.25. The Bertz CT molecular complexity index is 259. The van der Waals surface area contributed by atoms with E-state index in [-0.39, 0.29) is 6.61 Å². The molecule has 1 unspecified atom stereocenters. The average molecular weight is 253 g/mol. The van der Waals surface area contributed by atoms with E-state index in [2.05, 4.69) is 0 Å². The summed E-state index contributed by atoms with van der Waals surface area (Å²) < 4.78 is 0. The van der Waals surface area contributed by atoms with E-state index in [0.29, 0.717) is 17.7 Å². The zero-order chi connectivity index (χ0) is 12.8. The van der Waals surface area contributed by atoms with Crippen molar-refractivity contribution in [2.24, 2.45) is 11.8 Å². The summed E-state index contributed by atoms with van der Waals surface area (Å²) in [6, 6.07) is 0. The molecule has 1 saturated heterocycles. The molecular weight excluding hydrogens is 226 g/mol. The minimum atomic E-state index is 0.229. The molecule has 1 saturated carbocycles. The Morgan fingerprint density at radius 2 is 1.67 bits per heavy atom. The number of nitrogens with zero attached hydrogens (tertiary/aromatic N) is 1. The summed E-state index contributed by atoms with van der Waals surface area (Å²) in [5.41, 5.74) is 0. The van der Waals surface area contributed by atoms with E-state index in [4.69, 9.17) is 0 Å². The van der Waals surface area contributed by atoms with Crippen molar-refractivity contribution in [1.82, 2.24) is 4.90 Å². The third-order valence-corrected chi connectivity index (χ3v) is 4.57. The third-order valence-electron chi connectivity index (χ3n) is 4.57. The molecule has 2 aliphatic rings. The highest BCUT2D eigenvalue weighted by Crippen LogP contribution is 2.27. The number of piperidine rings is 1. The number of carbonyl (C=O) groups is 1. The van der Waals surface area contributed by atoms with Crippen molar-refractivity contribution in [3.05, 3.63) is 0 Å². The van der Waals surface area contributed by atoms with Gasteiger partial charge in [-0.25, -0.2) is 0 Å². The number of hydrogen-bond acceptors (Lipinski definition) is 2. The summed E-state index contributed by atoms with van der Waals surface area (Å²) in [4.78, 5) is 14.3. The van der Waals surface area contributed by atoms with E-state index >= 15 is 0 Å². The summed E-state index contributed by atoms with van der Waals surface area (Å²) in [5.74, 6) is 1.27. The van der Waals surface area contributed by atoms with Gasteiger partial charge in [-0.1, -0.05) is 25.7 Å². The first kappa shape index (κ1) is 13.9. The number of carbonyl (C=O) groups excluding carboxylic acids is 1. The van der Waals surface area contributed by atoms with Crippen molar-refractivity contribution in [3.8, 4) is 0 Å². The van der Waals surface area contributed by atoms with Gasteiger partial charge in [0.2, 0.25) is 5.91 Å². The fraction of sp³-hybridized carbons (Fsp3) is 0.933. The molecule has 18 heavy (non-hydrogen) atoms. The Morgan fingerprint density at radius 1 is 1.00 bits per heavy atom. The number of aliphatic hydroxyl groups is 1. The van der Waals surface area contributed by atoms with Crippen LogP contribution in [0.5, 0.6) is 0 Å². The highest BCUT2D eigenvalue weighted by molar-refractivity contribution is 5.76. The van der Waals surface area contributed by atoms with Crippen LogP contribution in [0.15, 0.2) is 0 Å². The topological polar surface area (TPSA) is 40.5 Å². The van der Waals surface area contributed by atoms with E-state index in [1.165, 1.54) is 38.5 Å². The van der Waals surface area contributed by atoms with Crippen LogP contribution in [0.3, 0.4) is 0 Å². The van der Waals surface area contributed by atoms with Crippen LogP contribution in [0.4, 0.5) is 0 Å². The van der Waals surface area contributed by atoms with Gasteiger partial charge in [-0.3, -0.25) is 4.79 Å². The fourth-order valence-corrected chi connectivity index (χ4v) is 3.38. The van der Waals surface area contributed by atoms with Crippen molar-refractivity contribution in [1.29, 1.82) is 0 Å². The fourth-order valence-electron chi connectivity index (χ4n) is 3.38. The molecule has 1 N–H and O–H groups in total. The standard InChI is InChI=1S/C15H27NO2/c17-12-14-8-5-9-16(11-14)15(18)10-13-6-3-1-2-4-7-13/h13-14,17H,1-12H2. The number of rotatable bonds is 3. The van der Waals surface area contributed by atoms with Crippen molar-refractivity contribution < 1.29 is 9.90 Å². The molecule has 104 valence electrons. The summed E-state index contributed by atoms with van der Waals surface area (Å²) in [6.07, 6.45) is 10.7. The van der Waals surface area contributed by atoms with Gasteiger partial charge in [-0.15, -0.1) is 0 Å². The molecular formula is C15H27NO2. The second-order valence-corrected chi connectivity index (χ2v) is 6.09. The van der Waals surface area contributed by atoms with Crippen LogP contribution < -0.4 is 0 Å². The van der Waals surface area contributed by atoms with Crippen LogP contribution in [0.1, 0.15) is 57.8 Å². The predicted octanol–water partition coefficient (Wildman–Crippen LogP) is 2.58. The molecule has 0 bridgehead atoms. The number of hydrogen-bond donors (Lipinski definition) is 1. The molecule has 0 spiro atoms. The summed E-state index contributed by atoms with van der Waals surface area (Å²) in [7, 11) is 0. The lowest BCUT2D eigenvalue weighted by Crippen LogP contribution is -2.41. The molecule has 2 fully saturated rings. The Labute approximate surface area is 111 Å². The van der Waals surface area contributed by atoms with E-state index in [9.17, 15) is 9.90 Å². The zero-order valence-corrected chi connectivity index (χ0v) is 11.4. The van der Waals surface area contributed by atoms with E-state index < -0.39 is 0 Å². The van der Waals surface area contributed by atoms with Gasteiger partial charge in [0.05, 0.1) is 0 Å². The van der Waals surface area contributed by atoms with Gasteiger partial charge in [0.15, 0.2) is 0 Å². The molecule has 1 aliphatic heterocycles. The first-order valence-electron chi connectivity index (χ1n) is 7.68. The van der Waals surface area contributed by atoms with Crippen LogP contribution in [-0.2, 0) is 4.79 Å². The van der Waals surface area contributed by atoms with Crippen LogP contribution >= 0.6 is 0 Å². The molecule has 3 heteroatoms. The summed E-state index contributed by atoms with van der Waals surface area (Å²) in [5, 5.41) is 9.21. The lowest BCUT2D eigenvalue weighted by molar-refractivity contribution is -0.134. The lowest BCUT2D eigenvalue weighted by atomic mass is 9.94. The van der Waals surface area contributed by atoms with Crippen molar-refractivity contribution >= 4 is 5.91 Å². The van der Waals surface area contributed by atoms with Gasteiger partial charge in [0.1, 0.15) is 0 Å². The van der Waals surface area contributed by atoms with E-state index in [1.54, 1.807) is 0 Å². The number of aliphatic hydroxyl groups excluding tert-OH is 1. The Kier molecular flexibility index (Phi) is 5.48. The summed E-state index contributed by atoms with van der Waals surface area (Å²) >= 11 is 0. The second-order valence-electron chi connectivity index (χ2n) is 6.09. The monoisotopic (exact) mass is 253 g/mol. The first-order chi connectivity index (χ1) is 8.79. The Balaban J connectivity index is 1.79. The van der Waals surface area contributed by atoms with Crippen LogP contribution in [-0.4, -0.2) is 35.6 Å². The van der Waals surface area contributed by atoms with Gasteiger partial charge in [0, 0.05) is 26.1 Å². The van der Waals surface area contributed by atoms with Gasteiger partial charge in [0.25, 0.3) is 0 Å². The smallest absolute Gasteiger partial charge is 0.222 e. The van der Waals surface area contributed by atoms with Crippen molar-refractivity contribution in [2.45, 2.75) is 57.8 Å². The molecule has 3 nitrogen and oxygen atoms in total. The summed E-state index contributed by atoms with van der Waals surface area (Å²) in [6.45, 7) is 1.91. The molecule has 0 radical (unpaired) electrons. The first-order valence-corrected chi connectivity index (χ1v) is 7.68. The maximum atomic E-state index is 12.3. The SMILES string of the molecule is O=C(CC1CCCCCC1)N1CCCC(CO)C1. The minimum absolute atomic E-state index is 0.229. The molecule has 1 heterocycles. The van der Waals surface area contributed by atoms with Gasteiger partial charge in [-0.2, -0.15) is 0 Å². The maximum absolute atomic E-state index is 12.3. The van der Waals surface area contributed by atoms with Gasteiger partial charge in [-0.05, 0) is 37.5 Å². The molecule has 1 atom stereocenters. The lowest BCUT2D eigenvalue weighted by Gasteiger charge is -2.32. The third kappa shape index (κ3) is 3.98. The number of amides is 1. The van der Waals surface area contributed by atoms with Crippen LogP contribution in [0, 0.1) is 11.8 Å². The molecule has 2 rings (SSSR count). The molecule has 0 aromatic heterocycles. The Hall–Kier alpha value is -0.570. The van der Waals surface area contributed by atoms with Gasteiger partial charge < -0.3 is 10.0 Å². The average Bonchev–Trinajstić information content (AvgIpc) is 2.67. The molecule has 0 aromatic carbocycles. The van der Waals surface area contributed by atoms with Crippen molar-refractivity contribution in [3.63, 3.8) is 0 Å². The zero-order valence-electron chi connectivity index (χ0n) is 11.4. The van der Waals surface area contributed by atoms with Crippen molar-refractivity contribution in [2.75, 3.05) is 19.7 Å². The minimum Gasteiger partial charge on any atom is -0.396 e. The van der Waals surface area contributed by atoms with E-state index in [0.717, 1.165) is 32.4 Å². The second kappa shape index (κ2) is 7.13. The normalized spacial score (nSPS) is 26.9. The highest BCUT2D eigenvalue weighted by atomic mass is 16.3. The predicted molar refractivity (Wildman–Crippen MR) is 72.2 cm³/mol. The molecule has 1 amide bonds. The Morgan fingerprint density at radius 3 is 2.33 bits per heavy atom. The maximum Gasteiger partial charge on any atom is 0.222 e. The van der Waals surface area contributed by atoms with Gasteiger partial charge >= 0.3 is 0 Å². The largest absolute Gasteiger partial charge is 0.396 e. The quantitative estimate of drug-likeness (QED) is 0.785. The number of likely N-dealkylation sites (tertiary alicyclic amines) is 1. The van der Waals surface area contributed by atoms with Crippen LogP contribution in [0.2, 0.25) is 0 Å². The van der Waals surface area contributed by atoms with Crippen LogP contribution in [0.25, 0.3) is 0 Å². The van der Waals surface area contributed by atoms with E-state index in [1.807, 2.05) is 4.90 Å². The molecule has 0 aromatic rings.